The molecule has 1 saturated carbocycles. The van der Waals surface area contributed by atoms with E-state index in [9.17, 15) is 29.9 Å². The van der Waals surface area contributed by atoms with Gasteiger partial charge in [0.15, 0.2) is 23.8 Å². The molecule has 3 fully saturated rings. The van der Waals surface area contributed by atoms with Crippen molar-refractivity contribution in [2.45, 2.75) is 62.7 Å². The number of hydrogen-bond donors (Lipinski definition) is 4. The van der Waals surface area contributed by atoms with Crippen LogP contribution < -0.4 is 15.8 Å². The van der Waals surface area contributed by atoms with E-state index in [4.69, 9.17) is 15.2 Å². The number of nitro benzene ring substituents is 1. The number of nitrogen functional groups attached to an aromatic ring is 1. The number of ether oxygens (including phenoxy) is 2. The number of amides is 2. The lowest BCUT2D eigenvalue weighted by Crippen LogP contribution is -2.43. The van der Waals surface area contributed by atoms with Gasteiger partial charge in [-0.25, -0.2) is 19.7 Å². The highest BCUT2D eigenvalue weighted by Gasteiger charge is 2.48. The first-order valence-corrected chi connectivity index (χ1v) is 14.2. The van der Waals surface area contributed by atoms with Gasteiger partial charge in [-0.05, 0) is 49.7 Å². The fourth-order valence-electron chi connectivity index (χ4n) is 5.19. The predicted octanol–water partition coefficient (Wildman–Crippen LogP) is 0.867. The minimum absolute atomic E-state index is 0.0655. The van der Waals surface area contributed by atoms with E-state index in [-0.39, 0.29) is 46.2 Å². The minimum Gasteiger partial charge on any atom is -0.410 e. The zero-order valence-corrected chi connectivity index (χ0v) is 23.4. The second kappa shape index (κ2) is 12.0. The maximum atomic E-state index is 12.5. The van der Waals surface area contributed by atoms with Gasteiger partial charge in [-0.3, -0.25) is 19.5 Å². The average Bonchev–Trinajstić information content (AvgIpc) is 3.64. The van der Waals surface area contributed by atoms with Crippen molar-refractivity contribution in [1.82, 2.24) is 29.7 Å². The summed E-state index contributed by atoms with van der Waals surface area (Å²) in [5.74, 6) is 6.19. The molecule has 2 aliphatic heterocycles. The van der Waals surface area contributed by atoms with Crippen LogP contribution in [0.25, 0.3) is 11.2 Å². The number of rotatable bonds is 6. The molecular weight excluding hydrogens is 576 g/mol. The van der Waals surface area contributed by atoms with Crippen molar-refractivity contribution >= 4 is 34.7 Å². The third kappa shape index (κ3) is 6.11. The Hall–Kier alpha value is -4.85. The lowest BCUT2D eigenvalue weighted by molar-refractivity contribution is -0.384. The van der Waals surface area contributed by atoms with Crippen molar-refractivity contribution in [1.29, 1.82) is 0 Å². The number of nitro groups is 1. The number of fused-ring (bicyclic) bond motifs is 1. The molecule has 16 heteroatoms. The van der Waals surface area contributed by atoms with Crippen LogP contribution in [0, 0.1) is 27.9 Å². The van der Waals surface area contributed by atoms with Gasteiger partial charge in [-0.1, -0.05) is 5.92 Å². The maximum Gasteiger partial charge on any atom is 0.415 e. The Balaban J connectivity index is 1.06. The molecule has 2 aromatic heterocycles. The Bertz CT molecular complexity index is 1640. The van der Waals surface area contributed by atoms with Crippen LogP contribution in [-0.4, -0.2) is 89.0 Å². The maximum absolute atomic E-state index is 12.5. The molecule has 0 spiro atoms. The number of benzene rings is 1. The molecule has 5 N–H and O–H groups in total. The second-order valence-electron chi connectivity index (χ2n) is 11.0. The predicted molar refractivity (Wildman–Crippen MR) is 152 cm³/mol. The summed E-state index contributed by atoms with van der Waals surface area (Å²) in [6.45, 7) is 0.948. The first-order chi connectivity index (χ1) is 21.2. The van der Waals surface area contributed by atoms with Gasteiger partial charge in [-0.2, -0.15) is 0 Å². The van der Waals surface area contributed by atoms with Crippen molar-refractivity contribution < 1.29 is 34.2 Å². The summed E-state index contributed by atoms with van der Waals surface area (Å²) in [6.07, 6.45) is -0.721. The van der Waals surface area contributed by atoms with Crippen LogP contribution in [0.2, 0.25) is 0 Å². The summed E-state index contributed by atoms with van der Waals surface area (Å²) in [7, 11) is 0. The number of aromatic nitrogens is 4. The topological polar surface area (TPSA) is 221 Å². The lowest BCUT2D eigenvalue weighted by atomic mass is 9.94. The molecule has 3 aromatic rings. The van der Waals surface area contributed by atoms with Gasteiger partial charge in [-0.15, -0.1) is 0 Å². The normalized spacial score (nSPS) is 23.6. The second-order valence-corrected chi connectivity index (χ2v) is 11.0. The number of nitrogens with one attached hydrogen (secondary N) is 1. The minimum atomic E-state index is -1.44. The summed E-state index contributed by atoms with van der Waals surface area (Å²) in [5.41, 5.74) is 6.52. The molecule has 4 heterocycles. The van der Waals surface area contributed by atoms with Crippen LogP contribution in [0.15, 0.2) is 30.6 Å². The van der Waals surface area contributed by atoms with E-state index in [1.807, 2.05) is 0 Å². The van der Waals surface area contributed by atoms with Crippen molar-refractivity contribution in [2.24, 2.45) is 5.92 Å². The first kappa shape index (κ1) is 29.2. The summed E-state index contributed by atoms with van der Waals surface area (Å²) in [6, 6.07) is 5.39. The lowest BCUT2D eigenvalue weighted by Gasteiger charge is -2.30. The number of aliphatic hydroxyl groups is 2. The van der Waals surface area contributed by atoms with Gasteiger partial charge in [0, 0.05) is 37.7 Å². The average molecular weight is 607 g/mol. The third-order valence-electron chi connectivity index (χ3n) is 7.86. The van der Waals surface area contributed by atoms with Gasteiger partial charge in [0.25, 0.3) is 11.6 Å². The summed E-state index contributed by atoms with van der Waals surface area (Å²) >= 11 is 0. The van der Waals surface area contributed by atoms with E-state index in [1.165, 1.54) is 35.2 Å². The molecule has 4 atom stereocenters. The van der Waals surface area contributed by atoms with Crippen LogP contribution in [0.1, 0.15) is 44.2 Å². The SMILES string of the molecule is Nc1nc(C#CCC2CCN(C(=O)Oc3ccc([N+](=O)[O-])cc3)CC2)nc2c1ncn2C1OC(C(=O)NC2CC2)[C@H](O)[C@@H]1O. The fourth-order valence-corrected chi connectivity index (χ4v) is 5.19. The molecule has 1 aromatic carbocycles. The zero-order valence-electron chi connectivity index (χ0n) is 23.4. The van der Waals surface area contributed by atoms with Gasteiger partial charge in [0.05, 0.1) is 11.3 Å². The number of nitrogens with two attached hydrogens (primary N) is 1. The number of likely N-dealkylation sites (tertiary alicyclic amines) is 1. The van der Waals surface area contributed by atoms with Crippen molar-refractivity contribution in [2.75, 3.05) is 18.8 Å². The number of carbonyl (C=O) groups excluding carboxylic acids is 2. The van der Waals surface area contributed by atoms with Crippen LogP contribution >= 0.6 is 0 Å². The van der Waals surface area contributed by atoms with E-state index in [2.05, 4.69) is 32.1 Å². The summed E-state index contributed by atoms with van der Waals surface area (Å²) < 4.78 is 12.5. The number of anilines is 1. The summed E-state index contributed by atoms with van der Waals surface area (Å²) in [5, 5.41) is 34.7. The molecular formula is C28H30N8O8. The van der Waals surface area contributed by atoms with Gasteiger partial charge >= 0.3 is 6.09 Å². The molecule has 0 bridgehead atoms. The Morgan fingerprint density at radius 2 is 1.86 bits per heavy atom. The standard InChI is InChI=1S/C28H30N8O8/c29-24-20-25(35(14-30-20)27-22(38)21(37)23(44-27)26(39)31-16-4-5-16)33-19(32-24)3-1-2-15-10-12-34(13-11-15)28(40)43-18-8-6-17(7-9-18)36(41)42/h6-9,14-16,21-23,27,37-38H,2,4-5,10-13H2,(H,31,39)(H2,29,32,33)/t21-,22+,23?,27?/m1/s1. The van der Waals surface area contributed by atoms with Gasteiger partial charge in [0.2, 0.25) is 5.82 Å². The zero-order chi connectivity index (χ0) is 31.0. The molecule has 2 saturated heterocycles. The highest BCUT2D eigenvalue weighted by atomic mass is 16.6. The van der Waals surface area contributed by atoms with Crippen LogP contribution in [0.5, 0.6) is 5.75 Å². The number of carbonyl (C=O) groups is 2. The Labute approximate surface area is 250 Å². The number of hydrogen-bond acceptors (Lipinski definition) is 12. The molecule has 2 unspecified atom stereocenters. The Kier molecular flexibility index (Phi) is 7.99. The highest BCUT2D eigenvalue weighted by molar-refractivity contribution is 5.83. The van der Waals surface area contributed by atoms with E-state index in [0.717, 1.165) is 12.8 Å². The van der Waals surface area contributed by atoms with Gasteiger partial charge < -0.3 is 35.6 Å². The van der Waals surface area contributed by atoms with Crippen LogP contribution in [0.4, 0.5) is 16.3 Å². The van der Waals surface area contributed by atoms with Gasteiger partial charge in [0.1, 0.15) is 23.5 Å². The molecule has 0 radical (unpaired) electrons. The van der Waals surface area contributed by atoms with E-state index in [1.54, 1.807) is 4.90 Å². The van der Waals surface area contributed by atoms with Crippen molar-refractivity contribution in [3.63, 3.8) is 0 Å². The largest absolute Gasteiger partial charge is 0.415 e. The Morgan fingerprint density at radius 3 is 2.55 bits per heavy atom. The van der Waals surface area contributed by atoms with E-state index < -0.39 is 41.5 Å². The fraction of sp³-hybridized carbons (Fsp3) is 0.464. The molecule has 230 valence electrons. The molecule has 2 amide bonds. The monoisotopic (exact) mass is 606 g/mol. The molecule has 1 aliphatic carbocycles. The number of piperidine rings is 1. The first-order valence-electron chi connectivity index (χ1n) is 14.2. The molecule has 6 rings (SSSR count). The summed E-state index contributed by atoms with van der Waals surface area (Å²) in [4.78, 5) is 49.8. The molecule has 3 aliphatic rings. The number of non-ortho nitro benzene ring substituents is 1. The smallest absolute Gasteiger partial charge is 0.410 e. The van der Waals surface area contributed by atoms with Crippen LogP contribution in [0.3, 0.4) is 0 Å². The highest BCUT2D eigenvalue weighted by Crippen LogP contribution is 2.33. The van der Waals surface area contributed by atoms with E-state index >= 15 is 0 Å². The van der Waals surface area contributed by atoms with E-state index in [0.29, 0.717) is 32.4 Å². The van der Waals surface area contributed by atoms with Crippen molar-refractivity contribution in [3.8, 4) is 17.6 Å². The number of aliphatic hydroxyl groups excluding tert-OH is 2. The Morgan fingerprint density at radius 1 is 1.14 bits per heavy atom. The number of nitrogens with zero attached hydrogens (tertiary/aromatic N) is 6. The third-order valence-corrected chi connectivity index (χ3v) is 7.86. The van der Waals surface area contributed by atoms with Crippen molar-refractivity contribution in [3.05, 3.63) is 46.5 Å². The quantitative estimate of drug-likeness (QED) is 0.174. The number of imidazole rings is 1. The molecule has 44 heavy (non-hydrogen) atoms. The van der Waals surface area contributed by atoms with Crippen LogP contribution in [-0.2, 0) is 9.53 Å². The molecule has 16 nitrogen and oxygen atoms in total.